The first kappa shape index (κ1) is 15.7. The number of benzene rings is 1. The quantitative estimate of drug-likeness (QED) is 0.874. The Morgan fingerprint density at radius 2 is 2.13 bits per heavy atom. The largest absolute Gasteiger partial charge is 0.296 e. The van der Waals surface area contributed by atoms with Gasteiger partial charge < -0.3 is 0 Å². The van der Waals surface area contributed by atoms with Gasteiger partial charge in [0.1, 0.15) is 12.4 Å². The number of rotatable bonds is 3. The number of hydrogen-bond donors (Lipinski definition) is 0. The number of fused-ring (bicyclic) bond motifs is 1. The molecule has 0 N–H and O–H groups in total. The molecule has 1 aromatic carbocycles. The first-order chi connectivity index (χ1) is 11.2. The highest BCUT2D eigenvalue weighted by atomic mass is 16.1. The molecule has 0 spiro atoms. The van der Waals surface area contributed by atoms with Gasteiger partial charge in [0.15, 0.2) is 0 Å². The van der Waals surface area contributed by atoms with Crippen LogP contribution in [0.2, 0.25) is 0 Å². The van der Waals surface area contributed by atoms with Crippen molar-refractivity contribution in [1.82, 2.24) is 14.5 Å². The first-order valence-electron chi connectivity index (χ1n) is 8.27. The van der Waals surface area contributed by atoms with Gasteiger partial charge in [-0.25, -0.2) is 4.98 Å². The van der Waals surface area contributed by atoms with Gasteiger partial charge in [0.25, 0.3) is 5.56 Å². The van der Waals surface area contributed by atoms with Crippen molar-refractivity contribution in [1.29, 1.82) is 5.26 Å². The zero-order chi connectivity index (χ0) is 16.2. The molecule has 1 atom stereocenters. The summed E-state index contributed by atoms with van der Waals surface area (Å²) in [6, 6.07) is 9.45. The fourth-order valence-corrected chi connectivity index (χ4v) is 3.25. The van der Waals surface area contributed by atoms with Gasteiger partial charge in [0, 0.05) is 0 Å². The van der Waals surface area contributed by atoms with Gasteiger partial charge in [-0.05, 0) is 50.4 Å². The summed E-state index contributed by atoms with van der Waals surface area (Å²) in [5, 5.41) is 9.65. The first-order valence-corrected chi connectivity index (χ1v) is 8.27. The average molecular weight is 310 g/mol. The molecule has 1 unspecified atom stereocenters. The van der Waals surface area contributed by atoms with Crippen molar-refractivity contribution in [2.45, 2.75) is 39.3 Å². The van der Waals surface area contributed by atoms with E-state index >= 15 is 0 Å². The normalized spacial score (nSPS) is 19.4. The van der Waals surface area contributed by atoms with Crippen LogP contribution in [0.1, 0.15) is 32.0 Å². The Bertz CT molecular complexity index is 790. The molecule has 2 aromatic rings. The van der Waals surface area contributed by atoms with E-state index in [2.05, 4.69) is 22.9 Å². The van der Waals surface area contributed by atoms with Gasteiger partial charge in [-0.2, -0.15) is 5.26 Å². The zero-order valence-corrected chi connectivity index (χ0v) is 13.5. The highest BCUT2D eigenvalue weighted by Gasteiger charge is 2.17. The average Bonchev–Trinajstić information content (AvgIpc) is 2.76. The smallest absolute Gasteiger partial charge is 0.262 e. The van der Waals surface area contributed by atoms with Crippen LogP contribution < -0.4 is 5.56 Å². The van der Waals surface area contributed by atoms with Gasteiger partial charge in [-0.1, -0.05) is 19.1 Å². The molecule has 5 heteroatoms. The Hall–Kier alpha value is -2.19. The van der Waals surface area contributed by atoms with Crippen LogP contribution in [0.3, 0.4) is 0 Å². The van der Waals surface area contributed by atoms with E-state index in [1.165, 1.54) is 23.8 Å². The molecule has 1 aromatic heterocycles. The number of likely N-dealkylation sites (tertiary alicyclic amines) is 1. The molecule has 3 rings (SSSR count). The molecule has 1 fully saturated rings. The van der Waals surface area contributed by atoms with E-state index in [1.807, 2.05) is 18.2 Å². The molecule has 0 aliphatic carbocycles. The van der Waals surface area contributed by atoms with E-state index in [0.717, 1.165) is 19.0 Å². The molecule has 0 bridgehead atoms. The van der Waals surface area contributed by atoms with E-state index in [4.69, 9.17) is 5.26 Å². The molecule has 0 amide bonds. The van der Waals surface area contributed by atoms with Crippen molar-refractivity contribution in [3.05, 3.63) is 40.4 Å². The van der Waals surface area contributed by atoms with Crippen molar-refractivity contribution in [2.75, 3.05) is 13.1 Å². The maximum Gasteiger partial charge on any atom is 0.262 e. The molecule has 1 aliphatic rings. The highest BCUT2D eigenvalue weighted by molar-refractivity contribution is 5.77. The summed E-state index contributed by atoms with van der Waals surface area (Å²) in [7, 11) is 0. The molecule has 120 valence electrons. The summed E-state index contributed by atoms with van der Waals surface area (Å²) in [6.45, 7) is 5.03. The summed E-state index contributed by atoms with van der Waals surface area (Å²) >= 11 is 0. The lowest BCUT2D eigenvalue weighted by Crippen LogP contribution is -2.31. The van der Waals surface area contributed by atoms with Crippen molar-refractivity contribution < 1.29 is 0 Å². The maximum absolute atomic E-state index is 12.7. The van der Waals surface area contributed by atoms with Gasteiger partial charge >= 0.3 is 0 Å². The maximum atomic E-state index is 12.7. The fourth-order valence-electron chi connectivity index (χ4n) is 3.25. The van der Waals surface area contributed by atoms with Crippen LogP contribution in [0, 0.1) is 17.2 Å². The second-order valence-corrected chi connectivity index (χ2v) is 6.41. The number of nitrogens with zero attached hydrogens (tertiary/aromatic N) is 4. The van der Waals surface area contributed by atoms with E-state index in [9.17, 15) is 4.79 Å². The van der Waals surface area contributed by atoms with Gasteiger partial charge in [-0.15, -0.1) is 0 Å². The predicted molar refractivity (Wildman–Crippen MR) is 89.9 cm³/mol. The lowest BCUT2D eigenvalue weighted by molar-refractivity contribution is 0.262. The van der Waals surface area contributed by atoms with Gasteiger partial charge in [-0.3, -0.25) is 14.3 Å². The lowest BCUT2D eigenvalue weighted by Gasteiger charge is -2.21. The molecular weight excluding hydrogens is 288 g/mol. The van der Waals surface area contributed by atoms with Crippen molar-refractivity contribution in [3.63, 3.8) is 0 Å². The van der Waals surface area contributed by atoms with Crippen LogP contribution in [0.15, 0.2) is 29.1 Å². The summed E-state index contributed by atoms with van der Waals surface area (Å²) in [5.74, 6) is 1.45. The topological polar surface area (TPSA) is 61.9 Å². The van der Waals surface area contributed by atoms with E-state index < -0.39 is 0 Å². The highest BCUT2D eigenvalue weighted by Crippen LogP contribution is 2.18. The molecule has 5 nitrogen and oxygen atoms in total. The minimum atomic E-state index is -0.115. The van der Waals surface area contributed by atoms with Crippen LogP contribution in [0.25, 0.3) is 10.9 Å². The number of hydrogen-bond acceptors (Lipinski definition) is 4. The number of nitriles is 1. The fraction of sp³-hybridized carbons (Fsp3) is 0.500. The van der Waals surface area contributed by atoms with Gasteiger partial charge in [0.05, 0.1) is 23.5 Å². The molecule has 0 saturated carbocycles. The van der Waals surface area contributed by atoms with Crippen LogP contribution >= 0.6 is 0 Å². The summed E-state index contributed by atoms with van der Waals surface area (Å²) in [5.41, 5.74) is 0.597. The Labute approximate surface area is 136 Å². The number of aromatic nitrogens is 2. The Morgan fingerprint density at radius 1 is 1.30 bits per heavy atom. The third kappa shape index (κ3) is 3.43. The summed E-state index contributed by atoms with van der Waals surface area (Å²) in [4.78, 5) is 19.7. The Kier molecular flexibility index (Phi) is 4.73. The van der Waals surface area contributed by atoms with Gasteiger partial charge in [0.2, 0.25) is 0 Å². The van der Waals surface area contributed by atoms with Crippen LogP contribution in [0.4, 0.5) is 0 Å². The minimum Gasteiger partial charge on any atom is -0.296 e. The zero-order valence-electron chi connectivity index (χ0n) is 13.5. The third-order valence-electron chi connectivity index (χ3n) is 4.64. The second kappa shape index (κ2) is 6.93. The predicted octanol–water partition coefficient (Wildman–Crippen LogP) is 2.54. The van der Waals surface area contributed by atoms with E-state index in [1.54, 1.807) is 6.07 Å². The van der Waals surface area contributed by atoms with E-state index in [0.29, 0.717) is 23.3 Å². The number of para-hydroxylation sites is 1. The summed E-state index contributed by atoms with van der Waals surface area (Å²) < 4.78 is 1.52. The lowest BCUT2D eigenvalue weighted by atomic mass is 10.0. The molecule has 2 heterocycles. The molecular formula is C18H22N4O. The molecule has 23 heavy (non-hydrogen) atoms. The van der Waals surface area contributed by atoms with Crippen LogP contribution in [-0.2, 0) is 13.1 Å². The monoisotopic (exact) mass is 310 g/mol. The second-order valence-electron chi connectivity index (χ2n) is 6.41. The van der Waals surface area contributed by atoms with Crippen molar-refractivity contribution in [3.8, 4) is 6.07 Å². The van der Waals surface area contributed by atoms with E-state index in [-0.39, 0.29) is 12.1 Å². The summed E-state index contributed by atoms with van der Waals surface area (Å²) in [6.07, 6.45) is 3.61. The molecule has 1 saturated heterocycles. The molecule has 1 aliphatic heterocycles. The Balaban J connectivity index is 1.97. The minimum absolute atomic E-state index is 0.0518. The van der Waals surface area contributed by atoms with Crippen LogP contribution in [-0.4, -0.2) is 27.5 Å². The molecule has 0 radical (unpaired) electrons. The Morgan fingerprint density at radius 3 is 2.96 bits per heavy atom. The SMILES string of the molecule is CC1CCCN(Cc2nc3ccccc3c(=O)n2CC#N)CC1. The third-order valence-corrected chi connectivity index (χ3v) is 4.64. The van der Waals surface area contributed by atoms with Crippen molar-refractivity contribution >= 4 is 10.9 Å². The van der Waals surface area contributed by atoms with Crippen LogP contribution in [0.5, 0.6) is 0 Å². The standard InChI is InChI=1S/C18H22N4O/c1-14-5-4-10-21(11-8-14)13-17-20-16-7-3-2-6-15(16)18(23)22(17)12-9-19/h2-3,6-7,14H,4-5,8,10-13H2,1H3. The van der Waals surface area contributed by atoms with Crippen molar-refractivity contribution in [2.24, 2.45) is 5.92 Å².